The van der Waals surface area contributed by atoms with E-state index in [1.54, 1.807) is 61.1 Å². The molecule has 0 spiro atoms. The number of aromatic amines is 1. The number of benzene rings is 3. The maximum Gasteiger partial charge on any atom is 0.329 e. The fourth-order valence-electron chi connectivity index (χ4n) is 14.6. The number of carboxylic acids is 3. The van der Waals surface area contributed by atoms with Crippen molar-refractivity contribution in [2.75, 3.05) is 69.7 Å². The molecule has 0 radical (unpaired) electrons. The number of nitrogens with one attached hydrogen (secondary N) is 15. The molecule has 7 rings (SSSR count). The van der Waals surface area contributed by atoms with Gasteiger partial charge in [-0.2, -0.15) is 4.31 Å². The number of aliphatic carboxylic acids is 3. The van der Waals surface area contributed by atoms with Crippen molar-refractivity contribution in [2.24, 2.45) is 11.7 Å². The summed E-state index contributed by atoms with van der Waals surface area (Å²) in [5.41, 5.74) is 13.1. The number of nitrogens with two attached hydrogens (primary N) is 2. The molecule has 13 atom stereocenters. The quantitative estimate of drug-likeness (QED) is 0.00758. The number of cyclic esters (lactones) is 1. The minimum Gasteiger partial charge on any atom is -0.481 e. The predicted octanol–water partition coefficient (Wildman–Crippen LogP) is -4.58. The van der Waals surface area contributed by atoms with E-state index >= 15 is 14.4 Å². The Hall–Kier alpha value is -14.2. The van der Waals surface area contributed by atoms with Crippen molar-refractivity contribution in [2.45, 2.75) is 221 Å². The summed E-state index contributed by atoms with van der Waals surface area (Å²) in [5.74, 6) is -26.9. The zero-order valence-electron chi connectivity index (χ0n) is 75.4. The number of Topliss-reactive ketones (excluding diaryl/α,β-unsaturated/α-hetero) is 1. The lowest BCUT2D eigenvalue weighted by atomic mass is 9.96. The Morgan fingerprint density at radius 3 is 1.79 bits per heavy atom. The molecule has 5 aromatic rings. The molecule has 4 heterocycles. The molecule has 2 aliphatic heterocycles. The van der Waals surface area contributed by atoms with Gasteiger partial charge >= 0.3 is 23.9 Å². The summed E-state index contributed by atoms with van der Waals surface area (Å²) in [6.07, 6.45) is 1.60. The molecule has 3 aromatic carbocycles. The van der Waals surface area contributed by atoms with Crippen LogP contribution in [0.2, 0.25) is 0 Å². The van der Waals surface area contributed by atoms with Crippen molar-refractivity contribution in [3.63, 3.8) is 0 Å². The fraction of sp³-hybridized carbons (Fsp3) is 0.506. The van der Waals surface area contributed by atoms with Gasteiger partial charge in [0.1, 0.15) is 72.6 Å². The van der Waals surface area contributed by atoms with Crippen LogP contribution in [0.15, 0.2) is 102 Å². The highest BCUT2D eigenvalue weighted by atomic mass is 32.2. The zero-order valence-corrected chi connectivity index (χ0v) is 76.2. The lowest BCUT2D eigenvalue weighted by molar-refractivity contribution is -0.156. The number of ether oxygens (including phenoxy) is 1. The normalized spacial score (nSPS) is 20.7. The van der Waals surface area contributed by atoms with Crippen LogP contribution < -0.4 is 90.8 Å². The Morgan fingerprint density at radius 2 is 1.16 bits per heavy atom. The van der Waals surface area contributed by atoms with E-state index in [-0.39, 0.29) is 61.6 Å². The molecule has 24 N–H and O–H groups in total. The average Bonchev–Trinajstić information content (AvgIpc) is 1.38. The van der Waals surface area contributed by atoms with Gasteiger partial charge in [-0.25, -0.2) is 23.2 Å². The number of ketones is 1. The summed E-state index contributed by atoms with van der Waals surface area (Å²) in [7, 11) is -3.98. The number of sulfonamides is 1. The molecule has 2 fully saturated rings. The number of anilines is 2. The van der Waals surface area contributed by atoms with Crippen molar-refractivity contribution in [1.29, 1.82) is 0 Å². The Morgan fingerprint density at radius 1 is 0.581 bits per heavy atom. The number of fused-ring (bicyclic) bond motifs is 1. The second-order valence-corrected chi connectivity index (χ2v) is 34.6. The molecule has 0 saturated carbocycles. The van der Waals surface area contributed by atoms with E-state index in [2.05, 4.69) is 85.7 Å². The summed E-state index contributed by atoms with van der Waals surface area (Å²) in [6, 6.07) is -2.51. The number of hydrogen-bond acceptors (Lipinski definition) is 29. The number of nitrogens with zero attached hydrogens (tertiary/aromatic N) is 4. The Balaban J connectivity index is 1.24. The van der Waals surface area contributed by atoms with Gasteiger partial charge in [-0.05, 0) is 99.5 Å². The Bertz CT molecular complexity index is 5180. The first kappa shape index (κ1) is 109. The number of nitrogen functional groups attached to an aromatic ring is 1. The number of rotatable bonds is 41. The maximum absolute atomic E-state index is 15.1. The molecule has 0 aliphatic carbocycles. The molecule has 0 bridgehead atoms. The van der Waals surface area contributed by atoms with Crippen LogP contribution in [-0.4, -0.2) is 297 Å². The first-order valence-electron chi connectivity index (χ1n) is 44.2. The largest absolute Gasteiger partial charge is 0.481 e. The molecular formula is C87H119N21O27S. The van der Waals surface area contributed by atoms with E-state index in [1.807, 2.05) is 15.5 Å². The second kappa shape index (κ2) is 54.2. The summed E-state index contributed by atoms with van der Waals surface area (Å²) in [6.45, 7) is 1.33. The molecular weight excluding hydrogens is 1800 g/mol. The molecule has 14 amide bonds. The number of para-hydroxylation sites is 2. The second-order valence-electron chi connectivity index (χ2n) is 32.6. The van der Waals surface area contributed by atoms with Gasteiger partial charge in [0.2, 0.25) is 98.7 Å². The predicted molar refractivity (Wildman–Crippen MR) is 482 cm³/mol. The zero-order chi connectivity index (χ0) is 99.9. The summed E-state index contributed by atoms with van der Waals surface area (Å²) in [5, 5.41) is 83.8. The van der Waals surface area contributed by atoms with Crippen molar-refractivity contribution in [1.82, 2.24) is 93.7 Å². The third-order valence-corrected chi connectivity index (χ3v) is 23.9. The standard InChI is InChI=1S/C87H119N21O27S/c1-5-6-7-8-9-10-11-23-68(113)98-60(38-52-44-93-57-21-15-13-18-54(52)57)81(127)102-61(40-67(89)112)82(128)100-59(28-36-109)79(125)106-75-50(4)135-86(132)64(39-66(111)55-19-12-14-20-56(55)88)104-85(131)74(48(2)37-71(116)117)105-83(129)65(47-110)99-70(115)45-94-77(123)62(41-72(118)119)101-76(122)49(3)96-80(126)63(42-73(120)121)103-78(124)58(97-69(114)46-95-84(75)130)22-16-29-90-43-51-24-26-53(27-25-51)136(133,134)108-34-32-107(33-35-108)87-91-30-17-31-92-87/h12-15,17-21,24-27,30-31,44,48-50,58-65,74-75,90,93,109-110H,5-11,16,22-23,28-29,32-43,45-47,88H2,1-4H3,(H2,89,112)(H,94,123)(H,95,130)(H,96,126)(H,97,114)(H,98,113)(H,99,115)(H,100,128)(H,101,122)(H,102,127)(H,103,124)(H,104,131)(H,105,129)(H,106,125)(H,116,117)(H,118,119)(H,120,121)/t48-,49-,50-,58+,59+,60+,61+,62+,63+,64+,65-,74+,75+/m1/s1. The molecule has 0 unspecified atom stereocenters. The molecule has 48 nitrogen and oxygen atoms in total. The Labute approximate surface area is 781 Å². The summed E-state index contributed by atoms with van der Waals surface area (Å²) >= 11 is 0. The molecule has 2 aliphatic rings. The van der Waals surface area contributed by atoms with E-state index < -0.39 is 272 Å². The highest BCUT2D eigenvalue weighted by Crippen LogP contribution is 2.24. The number of H-pyrrole nitrogens is 1. The highest BCUT2D eigenvalue weighted by Gasteiger charge is 2.42. The number of aliphatic hydroxyl groups is 2. The number of piperazine rings is 1. The number of carbonyl (C=O) groups is 19. The number of esters is 1. The summed E-state index contributed by atoms with van der Waals surface area (Å²) in [4.78, 5) is 279. The number of hydrogen-bond donors (Lipinski definition) is 22. The van der Waals surface area contributed by atoms with E-state index in [1.165, 1.54) is 40.7 Å². The van der Waals surface area contributed by atoms with E-state index in [9.17, 15) is 111 Å². The number of aliphatic hydroxyl groups excluding tert-OH is 2. The van der Waals surface area contributed by atoms with Gasteiger partial charge in [0, 0.05) is 99.3 Å². The molecule has 136 heavy (non-hydrogen) atoms. The number of carbonyl (C=O) groups excluding carboxylic acids is 16. The third kappa shape index (κ3) is 34.7. The van der Waals surface area contributed by atoms with Crippen LogP contribution in [0.5, 0.6) is 0 Å². The smallest absolute Gasteiger partial charge is 0.329 e. The summed E-state index contributed by atoms with van der Waals surface area (Å²) < 4.78 is 34.7. The number of aromatic nitrogens is 3. The van der Waals surface area contributed by atoms with Crippen LogP contribution in [0.3, 0.4) is 0 Å². The minimum absolute atomic E-state index is 0.00167. The third-order valence-electron chi connectivity index (χ3n) is 22.0. The van der Waals surface area contributed by atoms with Gasteiger partial charge in [0.25, 0.3) is 0 Å². The van der Waals surface area contributed by atoms with Crippen LogP contribution in [0.25, 0.3) is 10.9 Å². The molecule has 2 saturated heterocycles. The molecule has 49 heteroatoms. The van der Waals surface area contributed by atoms with Crippen molar-refractivity contribution in [3.8, 4) is 0 Å². The maximum atomic E-state index is 15.1. The van der Waals surface area contributed by atoms with E-state index in [0.29, 0.717) is 53.9 Å². The van der Waals surface area contributed by atoms with Gasteiger partial charge in [0.15, 0.2) is 5.78 Å². The first-order valence-corrected chi connectivity index (χ1v) is 45.6. The number of amides is 14. The number of unbranched alkanes of at least 4 members (excludes halogenated alkanes) is 6. The van der Waals surface area contributed by atoms with Gasteiger partial charge in [-0.3, -0.25) is 86.3 Å². The van der Waals surface area contributed by atoms with Crippen LogP contribution >= 0.6 is 0 Å². The lowest BCUT2D eigenvalue weighted by Crippen LogP contribution is -2.61. The van der Waals surface area contributed by atoms with Gasteiger partial charge in [0.05, 0.1) is 50.3 Å². The molecule has 740 valence electrons. The van der Waals surface area contributed by atoms with E-state index in [4.69, 9.17) is 16.2 Å². The van der Waals surface area contributed by atoms with Crippen molar-refractivity contribution in [3.05, 3.63) is 114 Å². The highest BCUT2D eigenvalue weighted by molar-refractivity contribution is 7.89. The fourth-order valence-corrected chi connectivity index (χ4v) is 16.0. The average molecular weight is 1920 g/mol. The van der Waals surface area contributed by atoms with E-state index in [0.717, 1.165) is 52.9 Å². The monoisotopic (exact) mass is 1920 g/mol. The molecule has 2 aromatic heterocycles. The van der Waals surface area contributed by atoms with Crippen molar-refractivity contribution >= 4 is 145 Å². The minimum atomic E-state index is -3.98. The van der Waals surface area contributed by atoms with Crippen molar-refractivity contribution < 1.29 is 130 Å². The Kier molecular flexibility index (Phi) is 43.4. The lowest BCUT2D eigenvalue weighted by Gasteiger charge is -2.33. The van der Waals surface area contributed by atoms with Crippen LogP contribution in [0, 0.1) is 5.92 Å². The van der Waals surface area contributed by atoms with Crippen LogP contribution in [0.1, 0.15) is 152 Å². The van der Waals surface area contributed by atoms with Crippen LogP contribution in [0.4, 0.5) is 11.6 Å². The SMILES string of the molecule is CCCCCCCCCC(=O)N[C@@H](Cc1c[nH]c2ccccc12)C(=O)N[C@@H](CC(N)=O)C(=O)N[C@@H](CCO)C(=O)N[C@@H]1C(=O)NCC(=O)N[C@@H](CCCNCc2ccc(S(=O)(=O)N3CCN(c4ncccn4)CC3)cc2)C(=O)N[C@@H](CC(=O)O)C(=O)N[C@H](C)C(=O)N[C@@H](CC(=O)O)C(=O)NCC(=O)N[C@H](CO)C(=O)N[C@@H]([C@H](C)CC(=O)O)C(=O)N[C@@H](CC(=O)c2ccccc2N)C(=O)O[C@@H]1C. The van der Waals surface area contributed by atoms with Gasteiger partial charge < -0.3 is 126 Å². The van der Waals surface area contributed by atoms with Crippen LogP contribution in [-0.2, 0) is 114 Å². The van der Waals surface area contributed by atoms with Gasteiger partial charge in [-0.1, -0.05) is 94.8 Å². The number of primary amides is 1. The first-order chi connectivity index (χ1) is 64.7. The topological polar surface area (TPSA) is 737 Å². The van der Waals surface area contributed by atoms with Gasteiger partial charge in [-0.15, -0.1) is 0 Å². The number of carboxylic acid groups (broad SMARTS) is 3.